The number of hydrogen-bond donors (Lipinski definition) is 0. The predicted octanol–water partition coefficient (Wildman–Crippen LogP) is 6.04. The summed E-state index contributed by atoms with van der Waals surface area (Å²) in [5.41, 5.74) is -2.45. The van der Waals surface area contributed by atoms with Gasteiger partial charge in [-0.3, -0.25) is 0 Å². The SMILES string of the molecule is CC(O[C@H]1OCC[C@@H](N=C=O)[C@H]1c1ccccc1)c1cc(C(F)(F)F)cc(C(F)(F)F)c1. The lowest BCUT2D eigenvalue weighted by molar-refractivity contribution is -0.200. The molecule has 1 saturated heterocycles. The maximum Gasteiger partial charge on any atom is 0.416 e. The van der Waals surface area contributed by atoms with E-state index in [1.165, 1.54) is 13.0 Å². The molecule has 0 bridgehead atoms. The van der Waals surface area contributed by atoms with Crippen molar-refractivity contribution in [1.82, 2.24) is 0 Å². The third-order valence-electron chi connectivity index (χ3n) is 5.22. The highest BCUT2D eigenvalue weighted by atomic mass is 19.4. The first-order chi connectivity index (χ1) is 15.0. The first-order valence-corrected chi connectivity index (χ1v) is 9.69. The van der Waals surface area contributed by atoms with Crippen molar-refractivity contribution in [2.24, 2.45) is 4.99 Å². The van der Waals surface area contributed by atoms with Gasteiger partial charge in [-0.15, -0.1) is 0 Å². The van der Waals surface area contributed by atoms with Crippen molar-refractivity contribution in [2.75, 3.05) is 6.61 Å². The molecule has 10 heteroatoms. The summed E-state index contributed by atoms with van der Waals surface area (Å²) in [6.45, 7) is 1.49. The Bertz CT molecular complexity index is 938. The van der Waals surface area contributed by atoms with Gasteiger partial charge in [-0.25, -0.2) is 9.79 Å². The zero-order valence-corrected chi connectivity index (χ0v) is 16.8. The van der Waals surface area contributed by atoms with Gasteiger partial charge >= 0.3 is 12.4 Å². The van der Waals surface area contributed by atoms with Crippen LogP contribution in [0, 0.1) is 0 Å². The van der Waals surface area contributed by atoms with E-state index in [9.17, 15) is 31.1 Å². The number of hydrogen-bond acceptors (Lipinski definition) is 4. The van der Waals surface area contributed by atoms with Crippen LogP contribution in [-0.2, 0) is 26.6 Å². The molecule has 0 radical (unpaired) electrons. The summed E-state index contributed by atoms with van der Waals surface area (Å²) in [7, 11) is 0. The van der Waals surface area contributed by atoms with Gasteiger partial charge in [0, 0.05) is 0 Å². The van der Waals surface area contributed by atoms with E-state index in [1.54, 1.807) is 30.3 Å². The van der Waals surface area contributed by atoms with Crippen molar-refractivity contribution < 1.29 is 40.6 Å². The molecule has 4 atom stereocenters. The largest absolute Gasteiger partial charge is 0.416 e. The molecule has 32 heavy (non-hydrogen) atoms. The van der Waals surface area contributed by atoms with Gasteiger partial charge in [-0.2, -0.15) is 26.3 Å². The Morgan fingerprint density at radius 3 is 2.16 bits per heavy atom. The van der Waals surface area contributed by atoms with Crippen LogP contribution in [-0.4, -0.2) is 25.0 Å². The molecule has 4 nitrogen and oxygen atoms in total. The summed E-state index contributed by atoms with van der Waals surface area (Å²) in [5, 5.41) is 0. The van der Waals surface area contributed by atoms with Crippen LogP contribution in [0.1, 0.15) is 47.6 Å². The van der Waals surface area contributed by atoms with Gasteiger partial charge in [-0.05, 0) is 42.7 Å². The molecule has 0 aliphatic carbocycles. The van der Waals surface area contributed by atoms with Gasteiger partial charge in [0.1, 0.15) is 0 Å². The Labute approximate surface area is 179 Å². The van der Waals surface area contributed by atoms with Gasteiger partial charge in [0.25, 0.3) is 0 Å². The van der Waals surface area contributed by atoms with Crippen molar-refractivity contribution in [2.45, 2.75) is 50.1 Å². The number of halogens is 6. The highest BCUT2D eigenvalue weighted by Gasteiger charge is 2.40. The second kappa shape index (κ2) is 9.44. The number of nitrogens with zero attached hydrogens (tertiary/aromatic N) is 1. The summed E-state index contributed by atoms with van der Waals surface area (Å²) in [6.07, 6.45) is -10.3. The first-order valence-electron chi connectivity index (χ1n) is 9.69. The van der Waals surface area contributed by atoms with Crippen LogP contribution < -0.4 is 0 Å². The van der Waals surface area contributed by atoms with E-state index < -0.39 is 47.8 Å². The molecule has 1 aliphatic rings. The van der Waals surface area contributed by atoms with Crippen LogP contribution >= 0.6 is 0 Å². The average Bonchev–Trinajstić information content (AvgIpc) is 2.73. The Kier molecular flexibility index (Phi) is 7.07. The number of isocyanates is 1. The summed E-state index contributed by atoms with van der Waals surface area (Å²) in [5.74, 6) is -0.596. The topological polar surface area (TPSA) is 47.9 Å². The Morgan fingerprint density at radius 1 is 1.03 bits per heavy atom. The molecule has 1 aliphatic heterocycles. The smallest absolute Gasteiger partial charge is 0.352 e. The first kappa shape index (κ1) is 24.0. The van der Waals surface area contributed by atoms with E-state index in [0.717, 1.165) is 0 Å². The minimum atomic E-state index is -4.96. The summed E-state index contributed by atoms with van der Waals surface area (Å²) in [4.78, 5) is 14.7. The van der Waals surface area contributed by atoms with Gasteiger partial charge in [-0.1, -0.05) is 30.3 Å². The van der Waals surface area contributed by atoms with Gasteiger partial charge in [0.15, 0.2) is 6.29 Å². The van der Waals surface area contributed by atoms with Crippen LogP contribution in [0.3, 0.4) is 0 Å². The monoisotopic (exact) mass is 459 g/mol. The molecule has 1 fully saturated rings. The molecular formula is C22H19F6NO3. The Hall–Kier alpha value is -2.68. The highest BCUT2D eigenvalue weighted by molar-refractivity contribution is 5.36. The van der Waals surface area contributed by atoms with Crippen LogP contribution in [0.4, 0.5) is 26.3 Å². The van der Waals surface area contributed by atoms with Crippen molar-refractivity contribution >= 4 is 6.08 Å². The number of alkyl halides is 6. The van der Waals surface area contributed by atoms with Crippen LogP contribution in [0.5, 0.6) is 0 Å². The van der Waals surface area contributed by atoms with E-state index in [-0.39, 0.29) is 18.2 Å². The fourth-order valence-corrected chi connectivity index (χ4v) is 3.65. The van der Waals surface area contributed by atoms with Crippen LogP contribution in [0.15, 0.2) is 53.5 Å². The van der Waals surface area contributed by atoms with E-state index in [0.29, 0.717) is 24.1 Å². The normalized spacial score (nSPS) is 22.8. The lowest BCUT2D eigenvalue weighted by atomic mass is 9.87. The average molecular weight is 459 g/mol. The third-order valence-corrected chi connectivity index (χ3v) is 5.22. The number of ether oxygens (including phenoxy) is 2. The Morgan fingerprint density at radius 2 is 1.62 bits per heavy atom. The van der Waals surface area contributed by atoms with Crippen LogP contribution in [0.2, 0.25) is 0 Å². The van der Waals surface area contributed by atoms with E-state index in [2.05, 4.69) is 4.99 Å². The maximum absolute atomic E-state index is 13.2. The summed E-state index contributed by atoms with van der Waals surface area (Å²) >= 11 is 0. The second-order valence-electron chi connectivity index (χ2n) is 7.37. The maximum atomic E-state index is 13.2. The number of aliphatic imine (C=N–C) groups is 1. The zero-order valence-electron chi connectivity index (χ0n) is 16.8. The molecule has 0 spiro atoms. The van der Waals surface area contributed by atoms with E-state index in [4.69, 9.17) is 9.47 Å². The van der Waals surface area contributed by atoms with Crippen molar-refractivity contribution in [3.8, 4) is 0 Å². The second-order valence-corrected chi connectivity index (χ2v) is 7.37. The van der Waals surface area contributed by atoms with E-state index >= 15 is 0 Å². The minimum Gasteiger partial charge on any atom is -0.352 e. The molecule has 2 aromatic carbocycles. The molecule has 3 rings (SSSR count). The fraction of sp³-hybridized carbons (Fsp3) is 0.409. The molecule has 0 saturated carbocycles. The molecule has 1 heterocycles. The lowest BCUT2D eigenvalue weighted by Crippen LogP contribution is -2.39. The lowest BCUT2D eigenvalue weighted by Gasteiger charge is -2.37. The number of carbonyl (C=O) groups excluding carboxylic acids is 1. The molecule has 0 aromatic heterocycles. The third kappa shape index (κ3) is 5.56. The van der Waals surface area contributed by atoms with Crippen molar-refractivity contribution in [1.29, 1.82) is 0 Å². The zero-order chi connectivity index (χ0) is 23.5. The number of benzene rings is 2. The molecule has 0 N–H and O–H groups in total. The molecule has 0 amide bonds. The van der Waals surface area contributed by atoms with Gasteiger partial charge in [0.05, 0.1) is 35.8 Å². The molecular weight excluding hydrogens is 440 g/mol. The summed E-state index contributed by atoms with van der Waals surface area (Å²) < 4.78 is 90.6. The molecule has 2 aromatic rings. The van der Waals surface area contributed by atoms with E-state index in [1.807, 2.05) is 0 Å². The standard InChI is InChI=1S/C22H19F6NO3/c1-13(15-9-16(21(23,24)25)11-17(10-15)22(26,27)28)32-20-19(14-5-3-2-4-6-14)18(29-12-30)7-8-31-20/h2-6,9-11,13,18-20H,7-8H2,1H3/t13?,18-,19-,20-/m1/s1. The summed E-state index contributed by atoms with van der Waals surface area (Å²) in [6, 6.07) is 9.51. The van der Waals surface area contributed by atoms with Crippen molar-refractivity contribution in [3.05, 3.63) is 70.8 Å². The quantitative estimate of drug-likeness (QED) is 0.311. The van der Waals surface area contributed by atoms with Crippen LogP contribution in [0.25, 0.3) is 0 Å². The molecule has 172 valence electrons. The fourth-order valence-electron chi connectivity index (χ4n) is 3.65. The predicted molar refractivity (Wildman–Crippen MR) is 101 cm³/mol. The number of rotatable bonds is 5. The van der Waals surface area contributed by atoms with Gasteiger partial charge < -0.3 is 9.47 Å². The van der Waals surface area contributed by atoms with Gasteiger partial charge in [0.2, 0.25) is 6.08 Å². The molecule has 1 unspecified atom stereocenters. The Balaban J connectivity index is 1.95. The van der Waals surface area contributed by atoms with Crippen molar-refractivity contribution in [3.63, 3.8) is 0 Å². The highest BCUT2D eigenvalue weighted by Crippen LogP contribution is 2.40. The minimum absolute atomic E-state index is 0.0644.